The van der Waals surface area contributed by atoms with Crippen molar-refractivity contribution in [3.63, 3.8) is 0 Å². The molecule has 1 N–H and O–H groups in total. The highest BCUT2D eigenvalue weighted by Gasteiger charge is 2.26. The fourth-order valence-corrected chi connectivity index (χ4v) is 4.91. The third-order valence-electron chi connectivity index (χ3n) is 5.24. The summed E-state index contributed by atoms with van der Waals surface area (Å²) in [7, 11) is -2.02. The van der Waals surface area contributed by atoms with Gasteiger partial charge in [-0.15, -0.1) is 0 Å². The number of benzene rings is 2. The number of rotatable bonds is 12. The van der Waals surface area contributed by atoms with E-state index in [-0.39, 0.29) is 31.3 Å². The van der Waals surface area contributed by atoms with E-state index in [2.05, 4.69) is 21.2 Å². The van der Waals surface area contributed by atoms with E-state index >= 15 is 0 Å². The molecule has 186 valence electrons. The number of halogens is 1. The van der Waals surface area contributed by atoms with Gasteiger partial charge in [0.15, 0.2) is 0 Å². The van der Waals surface area contributed by atoms with Gasteiger partial charge in [-0.1, -0.05) is 28.1 Å². The smallest absolute Gasteiger partial charge is 0.242 e. The Labute approximate surface area is 210 Å². The average Bonchev–Trinajstić information content (AvgIpc) is 2.79. The van der Waals surface area contributed by atoms with Gasteiger partial charge in [-0.3, -0.25) is 13.9 Å². The lowest BCUT2D eigenvalue weighted by molar-refractivity contribution is -0.140. The number of carbonyl (C=O) groups excluding carboxylic acids is 2. The first kappa shape index (κ1) is 27.7. The van der Waals surface area contributed by atoms with Crippen LogP contribution in [0, 0.1) is 0 Å². The molecule has 0 radical (unpaired) electrons. The van der Waals surface area contributed by atoms with Crippen molar-refractivity contribution < 1.29 is 22.7 Å². The van der Waals surface area contributed by atoms with Gasteiger partial charge < -0.3 is 15.0 Å². The van der Waals surface area contributed by atoms with E-state index in [4.69, 9.17) is 4.74 Å². The van der Waals surface area contributed by atoms with Crippen LogP contribution in [0.25, 0.3) is 0 Å². The summed E-state index contributed by atoms with van der Waals surface area (Å²) in [6, 6.07) is 13.7. The molecular weight excluding hydrogens is 522 g/mol. The van der Waals surface area contributed by atoms with Crippen LogP contribution < -0.4 is 14.4 Å². The molecule has 0 heterocycles. The number of sulfonamides is 1. The number of nitrogens with one attached hydrogen (secondary N) is 1. The van der Waals surface area contributed by atoms with E-state index in [0.29, 0.717) is 24.5 Å². The van der Waals surface area contributed by atoms with Crippen LogP contribution in [-0.2, 0) is 26.2 Å². The molecule has 0 aliphatic heterocycles. The second-order valence-electron chi connectivity index (χ2n) is 7.81. The van der Waals surface area contributed by atoms with Crippen molar-refractivity contribution in [3.05, 3.63) is 58.6 Å². The Kier molecular flexibility index (Phi) is 10.4. The van der Waals surface area contributed by atoms with Crippen LogP contribution >= 0.6 is 15.9 Å². The topological polar surface area (TPSA) is 96.0 Å². The first-order chi connectivity index (χ1) is 16.1. The van der Waals surface area contributed by atoms with E-state index in [0.717, 1.165) is 16.3 Å². The molecule has 0 bridgehead atoms. The fourth-order valence-electron chi connectivity index (χ4n) is 3.50. The van der Waals surface area contributed by atoms with E-state index in [9.17, 15) is 18.0 Å². The molecule has 0 spiro atoms. The predicted octanol–water partition coefficient (Wildman–Crippen LogP) is 3.56. The van der Waals surface area contributed by atoms with Crippen LogP contribution in [0.2, 0.25) is 0 Å². The average molecular weight is 555 g/mol. The first-order valence-electron chi connectivity index (χ1n) is 11.0. The van der Waals surface area contributed by atoms with Gasteiger partial charge in [0.2, 0.25) is 21.8 Å². The minimum atomic E-state index is -3.55. The van der Waals surface area contributed by atoms with Crippen LogP contribution in [0.3, 0.4) is 0 Å². The highest BCUT2D eigenvalue weighted by atomic mass is 79.9. The molecule has 2 aromatic rings. The molecule has 0 aliphatic rings. The van der Waals surface area contributed by atoms with Crippen molar-refractivity contribution in [1.29, 1.82) is 0 Å². The molecule has 0 saturated carbocycles. The lowest BCUT2D eigenvalue weighted by Crippen LogP contribution is -2.46. The number of anilines is 1. The standard InChI is InChI=1S/C24H32BrN3O5S/c1-5-33-22-13-11-21(12-14-22)28(34(4,31)32)15-7-10-23(29)27(18(2)24(30)26-3)17-19-8-6-9-20(25)16-19/h6,8-9,11-14,16,18H,5,7,10,15,17H2,1-4H3,(H,26,30)/t18-/m1/s1. The summed E-state index contributed by atoms with van der Waals surface area (Å²) in [6.45, 7) is 4.47. The third-order valence-corrected chi connectivity index (χ3v) is 6.93. The molecule has 2 amide bonds. The molecule has 0 unspecified atom stereocenters. The molecule has 8 nitrogen and oxygen atoms in total. The minimum Gasteiger partial charge on any atom is -0.494 e. The molecule has 2 aromatic carbocycles. The zero-order valence-corrected chi connectivity index (χ0v) is 22.4. The summed E-state index contributed by atoms with van der Waals surface area (Å²) in [5.41, 5.74) is 1.38. The molecule has 34 heavy (non-hydrogen) atoms. The Morgan fingerprint density at radius 2 is 1.82 bits per heavy atom. The van der Waals surface area contributed by atoms with E-state index < -0.39 is 16.1 Å². The Bertz CT molecular complexity index is 1080. The highest BCUT2D eigenvalue weighted by Crippen LogP contribution is 2.23. The van der Waals surface area contributed by atoms with E-state index in [1.807, 2.05) is 31.2 Å². The zero-order chi connectivity index (χ0) is 25.3. The molecule has 0 aliphatic carbocycles. The molecular formula is C24H32BrN3O5S. The van der Waals surface area contributed by atoms with Crippen molar-refractivity contribution in [2.24, 2.45) is 0 Å². The van der Waals surface area contributed by atoms with E-state index in [1.165, 1.54) is 16.3 Å². The quantitative estimate of drug-likeness (QED) is 0.433. The third kappa shape index (κ3) is 8.02. The maximum atomic E-state index is 13.1. The Morgan fingerprint density at radius 1 is 1.15 bits per heavy atom. The normalized spacial score (nSPS) is 12.0. The Hall–Kier alpha value is -2.59. The monoisotopic (exact) mass is 553 g/mol. The largest absolute Gasteiger partial charge is 0.494 e. The van der Waals surface area contributed by atoms with Gasteiger partial charge in [0.1, 0.15) is 11.8 Å². The fraction of sp³-hybridized carbons (Fsp3) is 0.417. The number of likely N-dealkylation sites (N-methyl/N-ethyl adjacent to an activating group) is 1. The van der Waals surface area contributed by atoms with Crippen molar-refractivity contribution in [3.8, 4) is 5.75 Å². The van der Waals surface area contributed by atoms with Gasteiger partial charge in [-0.05, 0) is 62.2 Å². The molecule has 0 saturated heterocycles. The van der Waals surface area contributed by atoms with Crippen molar-refractivity contribution >= 4 is 43.5 Å². The summed E-state index contributed by atoms with van der Waals surface area (Å²) >= 11 is 3.43. The highest BCUT2D eigenvalue weighted by molar-refractivity contribution is 9.10. The molecule has 1 atom stereocenters. The number of nitrogens with zero attached hydrogens (tertiary/aromatic N) is 2. The van der Waals surface area contributed by atoms with E-state index in [1.54, 1.807) is 31.2 Å². The van der Waals surface area contributed by atoms with Crippen molar-refractivity contribution in [2.45, 2.75) is 39.3 Å². The summed E-state index contributed by atoms with van der Waals surface area (Å²) in [6.07, 6.45) is 1.53. The Morgan fingerprint density at radius 3 is 2.38 bits per heavy atom. The lowest BCUT2D eigenvalue weighted by Gasteiger charge is -2.29. The van der Waals surface area contributed by atoms with Gasteiger partial charge in [0.25, 0.3) is 0 Å². The molecule has 10 heteroatoms. The van der Waals surface area contributed by atoms with Crippen LogP contribution in [0.5, 0.6) is 5.75 Å². The summed E-state index contributed by atoms with van der Waals surface area (Å²) in [5.74, 6) is 0.160. The van der Waals surface area contributed by atoms with Gasteiger partial charge in [-0.2, -0.15) is 0 Å². The number of hydrogen-bond donors (Lipinski definition) is 1. The van der Waals surface area contributed by atoms with Gasteiger partial charge >= 0.3 is 0 Å². The maximum absolute atomic E-state index is 13.1. The first-order valence-corrected chi connectivity index (χ1v) is 13.7. The van der Waals surface area contributed by atoms with Crippen LogP contribution in [0.4, 0.5) is 5.69 Å². The molecule has 0 aromatic heterocycles. The number of hydrogen-bond acceptors (Lipinski definition) is 5. The van der Waals surface area contributed by atoms with Crippen LogP contribution in [0.15, 0.2) is 53.0 Å². The predicted molar refractivity (Wildman–Crippen MR) is 137 cm³/mol. The lowest BCUT2D eigenvalue weighted by atomic mass is 10.1. The SMILES string of the molecule is CCOc1ccc(N(CCCC(=O)N(Cc2cccc(Br)c2)[C@H](C)C(=O)NC)S(C)(=O)=O)cc1. The zero-order valence-electron chi connectivity index (χ0n) is 20.0. The van der Waals surface area contributed by atoms with Gasteiger partial charge in [0, 0.05) is 31.0 Å². The number of carbonyl (C=O) groups is 2. The summed E-state index contributed by atoms with van der Waals surface area (Å²) in [5, 5.41) is 2.59. The van der Waals surface area contributed by atoms with Gasteiger partial charge in [-0.25, -0.2) is 8.42 Å². The molecule has 0 fully saturated rings. The second-order valence-corrected chi connectivity index (χ2v) is 10.6. The number of amides is 2. The van der Waals surface area contributed by atoms with Gasteiger partial charge in [0.05, 0.1) is 18.6 Å². The second kappa shape index (κ2) is 12.8. The maximum Gasteiger partial charge on any atom is 0.242 e. The van der Waals surface area contributed by atoms with Crippen LogP contribution in [0.1, 0.15) is 32.3 Å². The van der Waals surface area contributed by atoms with Crippen molar-refractivity contribution in [1.82, 2.24) is 10.2 Å². The minimum absolute atomic E-state index is 0.0956. The van der Waals surface area contributed by atoms with Crippen molar-refractivity contribution in [2.75, 3.05) is 30.8 Å². The Balaban J connectivity index is 2.13. The number of ether oxygens (including phenoxy) is 1. The van der Waals surface area contributed by atoms with Crippen LogP contribution in [-0.4, -0.2) is 57.6 Å². The summed E-state index contributed by atoms with van der Waals surface area (Å²) in [4.78, 5) is 26.9. The molecule has 2 rings (SSSR count). The summed E-state index contributed by atoms with van der Waals surface area (Å²) < 4.78 is 32.4.